The molecule has 0 spiro atoms. The summed E-state index contributed by atoms with van der Waals surface area (Å²) in [6, 6.07) is 10.2. The Bertz CT molecular complexity index is 1340. The monoisotopic (exact) mass is 440 g/mol. The van der Waals surface area contributed by atoms with Crippen LogP contribution < -0.4 is 0 Å². The number of rotatable bonds is 5. The Labute approximate surface area is 179 Å². The zero-order chi connectivity index (χ0) is 21.6. The number of ether oxygens (including phenoxy) is 1. The highest BCUT2D eigenvalue weighted by molar-refractivity contribution is 7.91. The second-order valence-corrected chi connectivity index (χ2v) is 9.76. The summed E-state index contributed by atoms with van der Waals surface area (Å²) in [7, 11) is -2.17. The molecule has 1 saturated carbocycles. The van der Waals surface area contributed by atoms with Crippen LogP contribution in [0.25, 0.3) is 22.1 Å². The molecule has 0 aliphatic heterocycles. The van der Waals surface area contributed by atoms with Crippen molar-refractivity contribution >= 4 is 31.9 Å². The van der Waals surface area contributed by atoms with Crippen molar-refractivity contribution in [3.8, 4) is 0 Å². The highest BCUT2D eigenvalue weighted by atomic mass is 32.2. The summed E-state index contributed by atoms with van der Waals surface area (Å²) in [5.74, 6) is 0.455. The Morgan fingerprint density at radius 2 is 1.87 bits per heavy atom. The maximum atomic E-state index is 13.5. The SMILES string of the molecule is COC1CCC(n2c(CO)nc3c(S(=O)(=O)c4ccccc4)nc4[nH]ccc4c32)CC1. The van der Waals surface area contributed by atoms with Gasteiger partial charge in [-0.2, -0.15) is 0 Å². The molecule has 0 saturated heterocycles. The van der Waals surface area contributed by atoms with Crippen molar-refractivity contribution < 1.29 is 18.3 Å². The van der Waals surface area contributed by atoms with Crippen LogP contribution in [0.3, 0.4) is 0 Å². The number of imidazole rings is 1. The minimum atomic E-state index is -3.90. The van der Waals surface area contributed by atoms with Crippen LogP contribution in [0.4, 0.5) is 0 Å². The fraction of sp³-hybridized carbons (Fsp3) is 0.364. The van der Waals surface area contributed by atoms with Crippen LogP contribution in [0.2, 0.25) is 0 Å². The van der Waals surface area contributed by atoms with E-state index in [0.29, 0.717) is 22.5 Å². The third-order valence-corrected chi connectivity index (χ3v) is 7.86. The summed E-state index contributed by atoms with van der Waals surface area (Å²) in [6.45, 7) is -0.282. The molecular weight excluding hydrogens is 416 g/mol. The second kappa shape index (κ2) is 7.74. The van der Waals surface area contributed by atoms with E-state index in [9.17, 15) is 13.5 Å². The molecule has 0 atom stereocenters. The molecule has 0 amide bonds. The van der Waals surface area contributed by atoms with Gasteiger partial charge in [-0.05, 0) is 43.9 Å². The summed E-state index contributed by atoms with van der Waals surface area (Å²) in [5, 5.41) is 10.8. The van der Waals surface area contributed by atoms with E-state index in [1.807, 2.05) is 10.6 Å². The first kappa shape index (κ1) is 20.2. The number of fused-ring (bicyclic) bond motifs is 3. The molecule has 3 aromatic heterocycles. The number of hydrogen-bond acceptors (Lipinski definition) is 6. The summed E-state index contributed by atoms with van der Waals surface area (Å²) < 4.78 is 34.5. The number of benzene rings is 1. The van der Waals surface area contributed by atoms with Crippen molar-refractivity contribution in [3.63, 3.8) is 0 Å². The van der Waals surface area contributed by atoms with Crippen LogP contribution in [0.1, 0.15) is 37.5 Å². The Hall–Kier alpha value is -2.75. The third-order valence-electron chi connectivity index (χ3n) is 6.17. The molecule has 2 N–H and O–H groups in total. The first-order valence-corrected chi connectivity index (χ1v) is 11.8. The van der Waals surface area contributed by atoms with Crippen molar-refractivity contribution in [1.29, 1.82) is 0 Å². The minimum absolute atomic E-state index is 0.0947. The number of aliphatic hydroxyl groups is 1. The molecular formula is C22H24N4O4S. The molecule has 162 valence electrons. The predicted molar refractivity (Wildman–Crippen MR) is 116 cm³/mol. The number of aliphatic hydroxyl groups excluding tert-OH is 1. The van der Waals surface area contributed by atoms with Crippen molar-refractivity contribution in [3.05, 3.63) is 48.4 Å². The summed E-state index contributed by atoms with van der Waals surface area (Å²) >= 11 is 0. The number of H-pyrrole nitrogens is 1. The predicted octanol–water partition coefficient (Wildman–Crippen LogP) is 3.37. The topological polar surface area (TPSA) is 110 Å². The molecule has 31 heavy (non-hydrogen) atoms. The molecule has 0 unspecified atom stereocenters. The van der Waals surface area contributed by atoms with E-state index in [2.05, 4.69) is 15.0 Å². The van der Waals surface area contributed by atoms with Gasteiger partial charge in [-0.3, -0.25) is 0 Å². The van der Waals surface area contributed by atoms with E-state index in [1.165, 1.54) is 0 Å². The largest absolute Gasteiger partial charge is 0.388 e. The molecule has 5 rings (SSSR count). The van der Waals surface area contributed by atoms with Gasteiger partial charge < -0.3 is 19.4 Å². The van der Waals surface area contributed by atoms with Gasteiger partial charge in [-0.25, -0.2) is 18.4 Å². The fourth-order valence-corrected chi connectivity index (χ4v) is 5.97. The third kappa shape index (κ3) is 3.24. The van der Waals surface area contributed by atoms with Gasteiger partial charge in [0.25, 0.3) is 0 Å². The highest BCUT2D eigenvalue weighted by Gasteiger charge is 2.31. The molecule has 3 heterocycles. The number of hydrogen-bond donors (Lipinski definition) is 2. The zero-order valence-corrected chi connectivity index (χ0v) is 18.0. The normalized spacial score (nSPS) is 19.9. The Balaban J connectivity index is 1.77. The van der Waals surface area contributed by atoms with Gasteiger partial charge in [0, 0.05) is 24.7 Å². The molecule has 4 aromatic rings. The minimum Gasteiger partial charge on any atom is -0.388 e. The van der Waals surface area contributed by atoms with Gasteiger partial charge in [0.2, 0.25) is 9.84 Å². The molecule has 1 aromatic carbocycles. The number of methoxy groups -OCH3 is 1. The number of nitrogens with zero attached hydrogens (tertiary/aromatic N) is 3. The van der Waals surface area contributed by atoms with E-state index in [0.717, 1.165) is 31.1 Å². The molecule has 8 nitrogen and oxygen atoms in total. The van der Waals surface area contributed by atoms with Crippen molar-refractivity contribution in [1.82, 2.24) is 19.5 Å². The molecule has 0 bridgehead atoms. The number of nitrogens with one attached hydrogen (secondary N) is 1. The maximum absolute atomic E-state index is 13.5. The Morgan fingerprint density at radius 3 is 2.55 bits per heavy atom. The van der Waals surface area contributed by atoms with Gasteiger partial charge in [-0.15, -0.1) is 0 Å². The Morgan fingerprint density at radius 1 is 1.13 bits per heavy atom. The average Bonchev–Trinajstić information content (AvgIpc) is 3.43. The number of pyridine rings is 1. The van der Waals surface area contributed by atoms with Crippen LogP contribution >= 0.6 is 0 Å². The van der Waals surface area contributed by atoms with E-state index in [4.69, 9.17) is 4.74 Å². The van der Waals surface area contributed by atoms with Gasteiger partial charge in [0.15, 0.2) is 5.03 Å². The first-order chi connectivity index (χ1) is 15.0. The molecule has 1 aliphatic rings. The van der Waals surface area contributed by atoms with E-state index in [1.54, 1.807) is 43.6 Å². The van der Waals surface area contributed by atoms with Gasteiger partial charge in [0.1, 0.15) is 23.6 Å². The number of aromatic nitrogens is 4. The number of sulfone groups is 1. The molecule has 1 aliphatic carbocycles. The first-order valence-electron chi connectivity index (χ1n) is 10.4. The fourth-order valence-electron chi connectivity index (χ4n) is 4.63. The molecule has 9 heteroatoms. The molecule has 1 fully saturated rings. The van der Waals surface area contributed by atoms with Gasteiger partial charge in [0.05, 0.1) is 16.5 Å². The van der Waals surface area contributed by atoms with Crippen LogP contribution in [0, 0.1) is 0 Å². The second-order valence-electron chi connectivity index (χ2n) is 7.89. The standard InChI is InChI=1S/C22H24N4O4S/c1-30-15-9-7-14(8-10-15)26-18(13-27)24-19-20(26)17-11-12-23-21(17)25-22(19)31(28,29)16-5-3-2-4-6-16/h2-6,11-12,14-15,27H,7-10,13H2,1H3,(H,23,25). The maximum Gasteiger partial charge on any atom is 0.226 e. The number of aromatic amines is 1. The van der Waals surface area contributed by atoms with Crippen LogP contribution in [0.5, 0.6) is 0 Å². The summed E-state index contributed by atoms with van der Waals surface area (Å²) in [6.07, 6.45) is 5.52. The lowest BCUT2D eigenvalue weighted by Gasteiger charge is -2.30. The quantitative estimate of drug-likeness (QED) is 0.492. The summed E-state index contributed by atoms with van der Waals surface area (Å²) in [4.78, 5) is 12.3. The van der Waals surface area contributed by atoms with Crippen molar-refractivity contribution in [2.24, 2.45) is 0 Å². The molecule has 0 radical (unpaired) electrons. The highest BCUT2D eigenvalue weighted by Crippen LogP contribution is 2.38. The average molecular weight is 441 g/mol. The van der Waals surface area contributed by atoms with E-state index >= 15 is 0 Å². The zero-order valence-electron chi connectivity index (χ0n) is 17.2. The smallest absolute Gasteiger partial charge is 0.226 e. The lowest BCUT2D eigenvalue weighted by Crippen LogP contribution is -2.23. The lowest BCUT2D eigenvalue weighted by atomic mass is 9.92. The van der Waals surface area contributed by atoms with E-state index in [-0.39, 0.29) is 28.7 Å². The van der Waals surface area contributed by atoms with Crippen LogP contribution in [-0.4, -0.2) is 46.3 Å². The van der Waals surface area contributed by atoms with Gasteiger partial charge >= 0.3 is 0 Å². The van der Waals surface area contributed by atoms with E-state index < -0.39 is 9.84 Å². The van der Waals surface area contributed by atoms with Crippen molar-refractivity contribution in [2.45, 2.75) is 54.4 Å². The van der Waals surface area contributed by atoms with Gasteiger partial charge in [-0.1, -0.05) is 18.2 Å². The van der Waals surface area contributed by atoms with Crippen molar-refractivity contribution in [2.75, 3.05) is 7.11 Å². The van der Waals surface area contributed by atoms with Crippen LogP contribution in [-0.2, 0) is 21.2 Å². The lowest BCUT2D eigenvalue weighted by molar-refractivity contribution is 0.0581. The van der Waals surface area contributed by atoms with Crippen LogP contribution in [0.15, 0.2) is 52.5 Å². The summed E-state index contributed by atoms with van der Waals surface area (Å²) in [5.41, 5.74) is 1.48. The Kier molecular flexibility index (Phi) is 5.04.